The Hall–Kier alpha value is -1.67. The largest absolute Gasteiger partial charge is 0.481 e. The lowest BCUT2D eigenvalue weighted by molar-refractivity contribution is -0.156. The monoisotopic (exact) mass is 192 g/mol. The zero-order chi connectivity index (χ0) is 10.6. The summed E-state index contributed by atoms with van der Waals surface area (Å²) >= 11 is 0. The average molecular weight is 192 g/mol. The van der Waals surface area contributed by atoms with Crippen LogP contribution in [-0.4, -0.2) is 39.3 Å². The van der Waals surface area contributed by atoms with Crippen molar-refractivity contribution in [1.82, 2.24) is 5.48 Å². The molecule has 8 heteroatoms. The number of amides is 1. The fourth-order valence-electron chi connectivity index (χ4n) is 0.641. The first-order valence-electron chi connectivity index (χ1n) is 3.07. The number of carbonyl (C=O) groups is 3. The fourth-order valence-corrected chi connectivity index (χ4v) is 0.641. The van der Waals surface area contributed by atoms with E-state index in [1.807, 2.05) is 0 Å². The Kier molecular flexibility index (Phi) is 3.82. The molecule has 13 heavy (non-hydrogen) atoms. The van der Waals surface area contributed by atoms with Crippen molar-refractivity contribution in [1.29, 1.82) is 0 Å². The summed E-state index contributed by atoms with van der Waals surface area (Å²) < 4.78 is 0. The minimum Gasteiger partial charge on any atom is -0.481 e. The van der Waals surface area contributed by atoms with Crippen molar-refractivity contribution < 1.29 is 29.8 Å². The van der Waals surface area contributed by atoms with E-state index in [2.05, 4.69) is 0 Å². The van der Waals surface area contributed by atoms with Crippen LogP contribution in [-0.2, 0) is 14.4 Å². The Balaban J connectivity index is 4.71. The number of carboxylic acids is 2. The van der Waals surface area contributed by atoms with Crippen molar-refractivity contribution in [2.75, 3.05) is 0 Å². The highest BCUT2D eigenvalue weighted by atomic mass is 16.5. The molecule has 0 aliphatic carbocycles. The van der Waals surface area contributed by atoms with Gasteiger partial charge in [0.05, 0.1) is 0 Å². The normalized spacial score (nSPS) is 14.3. The van der Waals surface area contributed by atoms with Gasteiger partial charge in [-0.2, -0.15) is 0 Å². The van der Waals surface area contributed by atoms with E-state index < -0.39 is 29.8 Å². The van der Waals surface area contributed by atoms with E-state index in [0.717, 1.165) is 5.48 Å². The highest BCUT2D eigenvalue weighted by Crippen LogP contribution is 2.02. The fraction of sp³-hybridized carbons (Fsp3) is 0.400. The van der Waals surface area contributed by atoms with Gasteiger partial charge in [0.2, 0.25) is 0 Å². The number of rotatable bonds is 4. The molecule has 8 nitrogen and oxygen atoms in total. The highest BCUT2D eigenvalue weighted by Gasteiger charge is 2.36. The van der Waals surface area contributed by atoms with Crippen LogP contribution < -0.4 is 11.2 Å². The second kappa shape index (κ2) is 4.38. The van der Waals surface area contributed by atoms with Crippen LogP contribution in [0.5, 0.6) is 0 Å². The molecule has 0 fully saturated rings. The third-order valence-electron chi connectivity index (χ3n) is 1.30. The van der Waals surface area contributed by atoms with Gasteiger partial charge in [-0.15, -0.1) is 0 Å². The van der Waals surface area contributed by atoms with E-state index in [-0.39, 0.29) is 0 Å². The minimum absolute atomic E-state index is 1.02. The third kappa shape index (κ3) is 2.69. The predicted octanol–water partition coefficient (Wildman–Crippen LogP) is -2.40. The molecule has 2 atom stereocenters. The number of nitrogens with two attached hydrogens (primary N) is 1. The second-order valence-corrected chi connectivity index (χ2v) is 2.16. The number of hydroxylamine groups is 1. The van der Waals surface area contributed by atoms with Crippen molar-refractivity contribution in [3.05, 3.63) is 0 Å². The van der Waals surface area contributed by atoms with Crippen LogP contribution in [0.3, 0.4) is 0 Å². The summed E-state index contributed by atoms with van der Waals surface area (Å²) in [6, 6.07) is -1.90. The zero-order valence-corrected chi connectivity index (χ0v) is 6.30. The molecule has 0 saturated heterocycles. The molecule has 0 saturated carbocycles. The molecule has 0 rings (SSSR count). The van der Waals surface area contributed by atoms with Gasteiger partial charge in [-0.05, 0) is 0 Å². The lowest BCUT2D eigenvalue weighted by Crippen LogP contribution is -2.49. The summed E-state index contributed by atoms with van der Waals surface area (Å²) in [7, 11) is 0. The topological polar surface area (TPSA) is 150 Å². The second-order valence-electron chi connectivity index (χ2n) is 2.16. The van der Waals surface area contributed by atoms with E-state index >= 15 is 0 Å². The molecule has 0 aromatic carbocycles. The van der Waals surface area contributed by atoms with E-state index in [4.69, 9.17) is 21.2 Å². The molecule has 6 N–H and O–H groups in total. The summed E-state index contributed by atoms with van der Waals surface area (Å²) in [5.41, 5.74) is 5.90. The van der Waals surface area contributed by atoms with Gasteiger partial charge in [0.15, 0.2) is 5.92 Å². The quantitative estimate of drug-likeness (QED) is 0.189. The number of hydrogen-bond acceptors (Lipinski definition) is 5. The van der Waals surface area contributed by atoms with Crippen LogP contribution in [0.4, 0.5) is 0 Å². The SMILES string of the molecule is N[C@H](C(=O)O)C(C(=O)O)C(=O)NO. The van der Waals surface area contributed by atoms with Gasteiger partial charge >= 0.3 is 11.9 Å². The predicted molar refractivity (Wildman–Crippen MR) is 36.7 cm³/mol. The maximum atomic E-state index is 10.6. The van der Waals surface area contributed by atoms with Gasteiger partial charge in [-0.25, -0.2) is 5.48 Å². The van der Waals surface area contributed by atoms with E-state index in [1.54, 1.807) is 0 Å². The summed E-state index contributed by atoms with van der Waals surface area (Å²) in [5.74, 6) is -6.75. The smallest absolute Gasteiger partial charge is 0.321 e. The number of carbonyl (C=O) groups excluding carboxylic acids is 1. The first-order chi connectivity index (χ1) is 5.91. The lowest BCUT2D eigenvalue weighted by Gasteiger charge is -2.13. The number of carboxylic acid groups (broad SMARTS) is 2. The van der Waals surface area contributed by atoms with Gasteiger partial charge < -0.3 is 15.9 Å². The van der Waals surface area contributed by atoms with Crippen LogP contribution >= 0.6 is 0 Å². The Morgan fingerprint density at radius 2 is 1.62 bits per heavy atom. The van der Waals surface area contributed by atoms with E-state index in [9.17, 15) is 14.4 Å². The van der Waals surface area contributed by atoms with Crippen LogP contribution in [0, 0.1) is 5.92 Å². The van der Waals surface area contributed by atoms with Gasteiger partial charge in [0, 0.05) is 0 Å². The molecular formula is C5H8N2O6. The first kappa shape index (κ1) is 11.3. The number of nitrogens with one attached hydrogen (secondary N) is 1. The molecule has 0 aliphatic heterocycles. The van der Waals surface area contributed by atoms with Crippen LogP contribution in [0.1, 0.15) is 0 Å². The lowest BCUT2D eigenvalue weighted by atomic mass is 10.0. The molecule has 0 aromatic heterocycles. The highest BCUT2D eigenvalue weighted by molar-refractivity contribution is 6.01. The zero-order valence-electron chi connectivity index (χ0n) is 6.30. The van der Waals surface area contributed by atoms with Crippen LogP contribution in [0.25, 0.3) is 0 Å². The molecule has 74 valence electrons. The average Bonchev–Trinajstić information content (AvgIpc) is 2.03. The van der Waals surface area contributed by atoms with E-state index in [1.165, 1.54) is 0 Å². The minimum atomic E-state index is -2.01. The van der Waals surface area contributed by atoms with Crippen LogP contribution in [0.15, 0.2) is 0 Å². The van der Waals surface area contributed by atoms with Gasteiger partial charge in [0.1, 0.15) is 6.04 Å². The summed E-state index contributed by atoms with van der Waals surface area (Å²) in [6.07, 6.45) is 0. The molecule has 1 unspecified atom stereocenters. The summed E-state index contributed by atoms with van der Waals surface area (Å²) in [4.78, 5) is 31.2. The summed E-state index contributed by atoms with van der Waals surface area (Å²) in [6.45, 7) is 0. The van der Waals surface area contributed by atoms with Gasteiger partial charge in [-0.1, -0.05) is 0 Å². The maximum absolute atomic E-state index is 10.6. The van der Waals surface area contributed by atoms with Gasteiger partial charge in [0.25, 0.3) is 5.91 Å². The van der Waals surface area contributed by atoms with Crippen molar-refractivity contribution in [3.8, 4) is 0 Å². The summed E-state index contributed by atoms with van der Waals surface area (Å²) in [5, 5.41) is 24.7. The standard InChI is InChI=1S/C5H8N2O6/c6-2(5(11)12)1(4(9)10)3(8)7-13/h1-2,13H,6H2,(H,7,8)(H,9,10)(H,11,12)/t1?,2-/m0/s1. The van der Waals surface area contributed by atoms with Crippen molar-refractivity contribution in [3.63, 3.8) is 0 Å². The van der Waals surface area contributed by atoms with Gasteiger partial charge in [-0.3, -0.25) is 19.6 Å². The van der Waals surface area contributed by atoms with Crippen molar-refractivity contribution in [2.45, 2.75) is 6.04 Å². The molecule has 0 bridgehead atoms. The molecular weight excluding hydrogens is 184 g/mol. The molecule has 0 spiro atoms. The number of hydrogen-bond donors (Lipinski definition) is 5. The molecule has 1 amide bonds. The van der Waals surface area contributed by atoms with Crippen molar-refractivity contribution >= 4 is 17.8 Å². The van der Waals surface area contributed by atoms with Crippen LogP contribution in [0.2, 0.25) is 0 Å². The first-order valence-corrected chi connectivity index (χ1v) is 3.07. The molecule has 0 aromatic rings. The van der Waals surface area contributed by atoms with Crippen molar-refractivity contribution in [2.24, 2.45) is 11.7 Å². The molecule has 0 heterocycles. The maximum Gasteiger partial charge on any atom is 0.321 e. The number of aliphatic carboxylic acids is 2. The third-order valence-corrected chi connectivity index (χ3v) is 1.30. The Morgan fingerprint density at radius 1 is 1.15 bits per heavy atom. The Morgan fingerprint density at radius 3 is 1.85 bits per heavy atom. The molecule has 0 aliphatic rings. The Labute approximate surface area is 71.9 Å². The van der Waals surface area contributed by atoms with E-state index in [0.29, 0.717) is 0 Å². The molecule has 0 radical (unpaired) electrons. The Bertz CT molecular complexity index is 239.